The van der Waals surface area contributed by atoms with Gasteiger partial charge in [0.25, 0.3) is 5.91 Å². The summed E-state index contributed by atoms with van der Waals surface area (Å²) in [7, 11) is 0. The first-order valence-electron chi connectivity index (χ1n) is 7.89. The van der Waals surface area contributed by atoms with Crippen molar-refractivity contribution < 1.29 is 14.3 Å². The standard InChI is InChI=1S/C18H22N2O3/c1-3-16(21)19-8-13-6-4-5-7-15(13)17(22)20-9-14-10-23-12-18(14,2)11-20/h3-7,14H,1,8-12H2,2H3,(H,19,21). The van der Waals surface area contributed by atoms with Crippen LogP contribution in [0.1, 0.15) is 22.8 Å². The van der Waals surface area contributed by atoms with Gasteiger partial charge in [-0.1, -0.05) is 31.7 Å². The van der Waals surface area contributed by atoms with Crippen LogP contribution in [0, 0.1) is 11.3 Å². The average molecular weight is 314 g/mol. The summed E-state index contributed by atoms with van der Waals surface area (Å²) >= 11 is 0. The Bertz CT molecular complexity index is 643. The third-order valence-electron chi connectivity index (χ3n) is 4.90. The van der Waals surface area contributed by atoms with Crippen LogP contribution < -0.4 is 5.32 Å². The van der Waals surface area contributed by atoms with Gasteiger partial charge < -0.3 is 15.0 Å². The van der Waals surface area contributed by atoms with E-state index < -0.39 is 0 Å². The summed E-state index contributed by atoms with van der Waals surface area (Å²) in [4.78, 5) is 26.2. The number of ether oxygens (including phenoxy) is 1. The minimum Gasteiger partial charge on any atom is -0.380 e. The topological polar surface area (TPSA) is 58.6 Å². The minimum atomic E-state index is -0.243. The van der Waals surface area contributed by atoms with Crippen LogP contribution in [-0.2, 0) is 16.1 Å². The number of likely N-dealkylation sites (tertiary alicyclic amines) is 1. The Kier molecular flexibility index (Phi) is 4.22. The van der Waals surface area contributed by atoms with E-state index in [0.717, 1.165) is 31.9 Å². The lowest BCUT2D eigenvalue weighted by Crippen LogP contribution is -2.33. The molecule has 0 bridgehead atoms. The fourth-order valence-electron chi connectivity index (χ4n) is 3.43. The molecule has 0 saturated carbocycles. The second-order valence-electron chi connectivity index (χ2n) is 6.63. The van der Waals surface area contributed by atoms with Crippen LogP contribution >= 0.6 is 0 Å². The van der Waals surface area contributed by atoms with E-state index in [1.807, 2.05) is 29.2 Å². The van der Waals surface area contributed by atoms with Gasteiger partial charge in [0.1, 0.15) is 0 Å². The molecule has 2 aliphatic rings. The van der Waals surface area contributed by atoms with Crippen LogP contribution in [0.3, 0.4) is 0 Å². The van der Waals surface area contributed by atoms with Crippen LogP contribution in [0.5, 0.6) is 0 Å². The Balaban J connectivity index is 1.75. The summed E-state index contributed by atoms with van der Waals surface area (Å²) in [5.74, 6) is 0.204. The summed E-state index contributed by atoms with van der Waals surface area (Å²) < 4.78 is 5.55. The molecule has 2 heterocycles. The van der Waals surface area contributed by atoms with Crippen molar-refractivity contribution in [1.82, 2.24) is 10.2 Å². The first-order valence-corrected chi connectivity index (χ1v) is 7.89. The molecule has 0 aliphatic carbocycles. The van der Waals surface area contributed by atoms with Crippen LogP contribution in [0.2, 0.25) is 0 Å². The number of hydrogen-bond donors (Lipinski definition) is 1. The third kappa shape index (κ3) is 3.01. The van der Waals surface area contributed by atoms with Gasteiger partial charge in [0, 0.05) is 36.5 Å². The quantitative estimate of drug-likeness (QED) is 0.859. The SMILES string of the molecule is C=CC(=O)NCc1ccccc1C(=O)N1CC2COCC2(C)C1. The lowest BCUT2D eigenvalue weighted by Gasteiger charge is -2.22. The molecule has 2 amide bonds. The molecule has 2 atom stereocenters. The molecular weight excluding hydrogens is 292 g/mol. The van der Waals surface area contributed by atoms with Crippen molar-refractivity contribution in [3.05, 3.63) is 48.0 Å². The number of rotatable bonds is 4. The molecule has 0 aromatic heterocycles. The fourth-order valence-corrected chi connectivity index (χ4v) is 3.43. The fraction of sp³-hybridized carbons (Fsp3) is 0.444. The van der Waals surface area contributed by atoms with Gasteiger partial charge in [-0.25, -0.2) is 0 Å². The predicted molar refractivity (Wildman–Crippen MR) is 86.8 cm³/mol. The second kappa shape index (κ2) is 6.16. The molecule has 1 aromatic rings. The number of nitrogens with zero attached hydrogens (tertiary/aromatic N) is 1. The van der Waals surface area contributed by atoms with Gasteiger partial charge >= 0.3 is 0 Å². The first kappa shape index (κ1) is 15.7. The second-order valence-corrected chi connectivity index (χ2v) is 6.63. The van der Waals surface area contributed by atoms with Crippen molar-refractivity contribution in [1.29, 1.82) is 0 Å². The van der Waals surface area contributed by atoms with E-state index >= 15 is 0 Å². The van der Waals surface area contributed by atoms with E-state index in [0.29, 0.717) is 18.0 Å². The summed E-state index contributed by atoms with van der Waals surface area (Å²) in [6.07, 6.45) is 1.23. The molecule has 2 fully saturated rings. The molecule has 5 nitrogen and oxygen atoms in total. The normalized spacial score (nSPS) is 26.0. The zero-order valence-electron chi connectivity index (χ0n) is 13.4. The lowest BCUT2D eigenvalue weighted by atomic mass is 9.83. The Morgan fingerprint density at radius 1 is 1.48 bits per heavy atom. The number of nitrogens with one attached hydrogen (secondary N) is 1. The van der Waals surface area contributed by atoms with Gasteiger partial charge in [-0.3, -0.25) is 9.59 Å². The minimum absolute atomic E-state index is 0.0316. The Morgan fingerprint density at radius 2 is 2.26 bits per heavy atom. The molecule has 2 unspecified atom stereocenters. The third-order valence-corrected chi connectivity index (χ3v) is 4.90. The summed E-state index contributed by atoms with van der Waals surface area (Å²) in [5.41, 5.74) is 1.55. The van der Waals surface area contributed by atoms with Crippen molar-refractivity contribution in [2.24, 2.45) is 11.3 Å². The van der Waals surface area contributed by atoms with Crippen LogP contribution in [0.15, 0.2) is 36.9 Å². The maximum Gasteiger partial charge on any atom is 0.254 e. The molecule has 122 valence electrons. The Morgan fingerprint density at radius 3 is 3.00 bits per heavy atom. The van der Waals surface area contributed by atoms with Gasteiger partial charge in [-0.2, -0.15) is 0 Å². The van der Waals surface area contributed by atoms with Crippen LogP contribution in [0.4, 0.5) is 0 Å². The maximum absolute atomic E-state index is 12.9. The molecule has 2 saturated heterocycles. The molecule has 2 aliphatic heterocycles. The van der Waals surface area contributed by atoms with E-state index in [4.69, 9.17) is 4.74 Å². The van der Waals surface area contributed by atoms with E-state index in [1.165, 1.54) is 6.08 Å². The van der Waals surface area contributed by atoms with Crippen molar-refractivity contribution in [2.45, 2.75) is 13.5 Å². The molecule has 1 N–H and O–H groups in total. The highest BCUT2D eigenvalue weighted by Crippen LogP contribution is 2.41. The zero-order valence-corrected chi connectivity index (χ0v) is 13.4. The lowest BCUT2D eigenvalue weighted by molar-refractivity contribution is -0.116. The number of hydrogen-bond acceptors (Lipinski definition) is 3. The maximum atomic E-state index is 12.9. The van der Waals surface area contributed by atoms with E-state index in [9.17, 15) is 9.59 Å². The largest absolute Gasteiger partial charge is 0.380 e. The van der Waals surface area contributed by atoms with Gasteiger partial charge in [0.2, 0.25) is 5.91 Å². The van der Waals surface area contributed by atoms with Crippen LogP contribution in [-0.4, -0.2) is 43.0 Å². The average Bonchev–Trinajstić information content (AvgIpc) is 3.07. The predicted octanol–water partition coefficient (Wildman–Crippen LogP) is 1.60. The van der Waals surface area contributed by atoms with Gasteiger partial charge in [-0.15, -0.1) is 0 Å². The van der Waals surface area contributed by atoms with Crippen molar-refractivity contribution in [3.63, 3.8) is 0 Å². The highest BCUT2D eigenvalue weighted by molar-refractivity contribution is 5.96. The Hall–Kier alpha value is -2.14. The molecule has 0 radical (unpaired) electrons. The monoisotopic (exact) mass is 314 g/mol. The summed E-state index contributed by atoms with van der Waals surface area (Å²) in [5, 5.41) is 2.73. The molecule has 23 heavy (non-hydrogen) atoms. The first-order chi connectivity index (χ1) is 11.0. The van der Waals surface area contributed by atoms with Crippen molar-refractivity contribution >= 4 is 11.8 Å². The van der Waals surface area contributed by atoms with Gasteiger partial charge in [0.05, 0.1) is 13.2 Å². The number of carbonyl (C=O) groups is 2. The zero-order chi connectivity index (χ0) is 16.4. The van der Waals surface area contributed by atoms with Gasteiger partial charge in [0.15, 0.2) is 0 Å². The van der Waals surface area contributed by atoms with Gasteiger partial charge in [-0.05, 0) is 17.7 Å². The molecule has 0 spiro atoms. The highest BCUT2D eigenvalue weighted by atomic mass is 16.5. The van der Waals surface area contributed by atoms with E-state index in [1.54, 1.807) is 0 Å². The molecule has 5 heteroatoms. The molecule has 3 rings (SSSR count). The highest BCUT2D eigenvalue weighted by Gasteiger charge is 2.48. The Labute approximate surface area is 136 Å². The van der Waals surface area contributed by atoms with Crippen molar-refractivity contribution in [2.75, 3.05) is 26.3 Å². The van der Waals surface area contributed by atoms with E-state index in [2.05, 4.69) is 18.8 Å². The number of carbonyl (C=O) groups excluding carboxylic acids is 2. The number of fused-ring (bicyclic) bond motifs is 1. The molecular formula is C18H22N2O3. The number of benzene rings is 1. The molecule has 1 aromatic carbocycles. The van der Waals surface area contributed by atoms with E-state index in [-0.39, 0.29) is 17.2 Å². The number of amides is 2. The summed E-state index contributed by atoms with van der Waals surface area (Å²) in [6.45, 7) is 8.87. The van der Waals surface area contributed by atoms with Crippen LogP contribution in [0.25, 0.3) is 0 Å². The smallest absolute Gasteiger partial charge is 0.254 e. The summed E-state index contributed by atoms with van der Waals surface area (Å²) in [6, 6.07) is 7.43. The van der Waals surface area contributed by atoms with Crippen molar-refractivity contribution in [3.8, 4) is 0 Å².